The Morgan fingerprint density at radius 3 is 2.38 bits per heavy atom. The second kappa shape index (κ2) is 3.30. The Morgan fingerprint density at radius 2 is 1.92 bits per heavy atom. The molecule has 0 bridgehead atoms. The molecule has 0 saturated carbocycles. The number of hydrogen-bond acceptors (Lipinski definition) is 2. The first-order valence-corrected chi connectivity index (χ1v) is 11.7. The average molecular weight is 256 g/mol. The van der Waals surface area contributed by atoms with E-state index in [9.17, 15) is 9.59 Å². The van der Waals surface area contributed by atoms with Crippen LogP contribution in [-0.2, 0) is 0 Å². The first-order chi connectivity index (χ1) is 5.84. The van der Waals surface area contributed by atoms with Gasteiger partial charge in [-0.1, -0.05) is 0 Å². The Kier molecular flexibility index (Phi) is 2.67. The maximum absolute atomic E-state index is 11.6. The number of nitrogens with one attached hydrogen (secondary N) is 1. The number of nitrogens with zero attached hydrogens (tertiary/aromatic N) is 1. The summed E-state index contributed by atoms with van der Waals surface area (Å²) in [6, 6.07) is 0. The number of aromatic amines is 1. The van der Waals surface area contributed by atoms with Crippen LogP contribution >= 0.6 is 0 Å². The SMILES string of the molecule is [CH3][Ge]([CH3])([CH3])[c]1c[nH]c(=O)n([Si])c1=O. The Hall–Kier alpha value is -0.560. The van der Waals surface area contributed by atoms with E-state index in [1.54, 1.807) is 6.20 Å². The molecule has 4 nitrogen and oxygen atoms in total. The molecule has 0 fully saturated rings. The van der Waals surface area contributed by atoms with Gasteiger partial charge in [0.25, 0.3) is 0 Å². The van der Waals surface area contributed by atoms with E-state index >= 15 is 0 Å². The molecular formula is C7H11GeN2O2Si. The van der Waals surface area contributed by atoms with Crippen molar-refractivity contribution in [3.63, 3.8) is 0 Å². The number of rotatable bonds is 1. The van der Waals surface area contributed by atoms with Gasteiger partial charge in [-0.2, -0.15) is 0 Å². The molecule has 0 aliphatic rings. The van der Waals surface area contributed by atoms with Gasteiger partial charge in [0.05, 0.1) is 0 Å². The normalized spacial score (nSPS) is 11.7. The molecule has 0 unspecified atom stereocenters. The van der Waals surface area contributed by atoms with E-state index in [0.29, 0.717) is 0 Å². The van der Waals surface area contributed by atoms with E-state index in [-0.39, 0.29) is 5.56 Å². The van der Waals surface area contributed by atoms with Crippen LogP contribution in [0.2, 0.25) is 17.3 Å². The van der Waals surface area contributed by atoms with Crippen molar-refractivity contribution in [3.05, 3.63) is 27.0 Å². The molecule has 0 spiro atoms. The topological polar surface area (TPSA) is 54.9 Å². The predicted octanol–water partition coefficient (Wildman–Crippen LogP) is -0.987. The Balaban J connectivity index is 3.54. The summed E-state index contributed by atoms with van der Waals surface area (Å²) in [4.78, 5) is 25.1. The molecule has 1 aromatic rings. The van der Waals surface area contributed by atoms with Gasteiger partial charge in [0.1, 0.15) is 0 Å². The number of H-pyrrole nitrogens is 1. The van der Waals surface area contributed by atoms with Crippen LogP contribution in [0.1, 0.15) is 0 Å². The standard InChI is InChI=1S/C7H11GeN2O2Si/c1-8(2,3)5-4-9-7(12)10(13)6(5)11/h4H,1-3H3,(H,9,12). The van der Waals surface area contributed by atoms with Crippen molar-refractivity contribution < 1.29 is 0 Å². The van der Waals surface area contributed by atoms with Crippen LogP contribution in [-0.4, -0.2) is 32.9 Å². The van der Waals surface area contributed by atoms with Crippen LogP contribution in [0, 0.1) is 0 Å². The summed E-state index contributed by atoms with van der Waals surface area (Å²) in [5.41, 5.74) is -0.662. The Bertz CT molecular complexity index is 429. The van der Waals surface area contributed by atoms with E-state index in [1.165, 1.54) is 0 Å². The van der Waals surface area contributed by atoms with Gasteiger partial charge in [0.15, 0.2) is 0 Å². The molecule has 13 heavy (non-hydrogen) atoms. The molecule has 1 rings (SSSR count). The van der Waals surface area contributed by atoms with Crippen LogP contribution < -0.4 is 15.6 Å². The molecule has 1 heterocycles. The quantitative estimate of drug-likeness (QED) is 0.656. The van der Waals surface area contributed by atoms with Crippen molar-refractivity contribution in [1.29, 1.82) is 0 Å². The summed E-state index contributed by atoms with van der Waals surface area (Å²) in [5.74, 6) is 6.30. The first-order valence-electron chi connectivity index (χ1n) is 3.91. The third-order valence-electron chi connectivity index (χ3n) is 1.78. The third-order valence-corrected chi connectivity index (χ3v) is 6.33. The molecular weight excluding hydrogens is 245 g/mol. The van der Waals surface area contributed by atoms with Gasteiger partial charge in [0, 0.05) is 0 Å². The second-order valence-corrected chi connectivity index (χ2v) is 14.9. The Labute approximate surface area is 81.9 Å². The zero-order chi connectivity index (χ0) is 10.2. The molecule has 0 aliphatic carbocycles. The van der Waals surface area contributed by atoms with Crippen LogP contribution in [0.4, 0.5) is 0 Å². The van der Waals surface area contributed by atoms with Gasteiger partial charge < -0.3 is 0 Å². The zero-order valence-electron chi connectivity index (χ0n) is 7.84. The van der Waals surface area contributed by atoms with Crippen molar-refractivity contribution in [2.45, 2.75) is 17.3 Å². The van der Waals surface area contributed by atoms with Gasteiger partial charge in [-0.25, -0.2) is 0 Å². The fourth-order valence-corrected chi connectivity index (χ4v) is 4.07. The first kappa shape index (κ1) is 10.5. The predicted molar refractivity (Wildman–Crippen MR) is 55.5 cm³/mol. The average Bonchev–Trinajstić information content (AvgIpc) is 1.98. The van der Waals surface area contributed by atoms with Crippen LogP contribution in [0.3, 0.4) is 0 Å². The minimum absolute atomic E-state index is 0.229. The van der Waals surface area contributed by atoms with Crippen molar-refractivity contribution in [3.8, 4) is 0 Å². The van der Waals surface area contributed by atoms with E-state index in [1.807, 2.05) is 0 Å². The third kappa shape index (κ3) is 2.02. The van der Waals surface area contributed by atoms with Crippen molar-refractivity contribution in [2.75, 3.05) is 0 Å². The minimum atomic E-state index is -2.16. The molecule has 1 N–H and O–H groups in total. The summed E-state index contributed by atoms with van der Waals surface area (Å²) in [5, 5.41) is 0. The summed E-state index contributed by atoms with van der Waals surface area (Å²) in [7, 11) is 2.97. The molecule has 0 aromatic carbocycles. The number of aromatic nitrogens is 2. The summed E-state index contributed by atoms with van der Waals surface area (Å²) in [6.45, 7) is 0. The monoisotopic (exact) mass is 257 g/mol. The molecule has 1 aromatic heterocycles. The van der Waals surface area contributed by atoms with E-state index in [2.05, 4.69) is 32.7 Å². The van der Waals surface area contributed by atoms with Gasteiger partial charge >= 0.3 is 81.6 Å². The van der Waals surface area contributed by atoms with E-state index < -0.39 is 19.0 Å². The molecule has 0 aliphatic heterocycles. The summed E-state index contributed by atoms with van der Waals surface area (Å²) < 4.78 is 1.70. The fraction of sp³-hybridized carbons (Fsp3) is 0.429. The van der Waals surface area contributed by atoms with Crippen LogP contribution in [0.15, 0.2) is 15.8 Å². The van der Waals surface area contributed by atoms with Gasteiger partial charge in [-0.05, 0) is 0 Å². The maximum atomic E-state index is 11.6. The Morgan fingerprint density at radius 1 is 1.38 bits per heavy atom. The van der Waals surface area contributed by atoms with E-state index in [0.717, 1.165) is 8.63 Å². The van der Waals surface area contributed by atoms with Gasteiger partial charge in [-0.3, -0.25) is 0 Å². The van der Waals surface area contributed by atoms with Crippen molar-refractivity contribution >= 4 is 28.1 Å². The zero-order valence-corrected chi connectivity index (χ0v) is 10.9. The molecule has 6 heteroatoms. The van der Waals surface area contributed by atoms with Crippen molar-refractivity contribution in [2.24, 2.45) is 0 Å². The fourth-order valence-electron chi connectivity index (χ4n) is 1.01. The number of hydrogen-bond donors (Lipinski definition) is 1. The second-order valence-electron chi connectivity index (χ2n) is 3.90. The summed E-state index contributed by atoms with van der Waals surface area (Å²) >= 11 is -2.16. The molecule has 0 atom stereocenters. The molecule has 0 amide bonds. The summed E-state index contributed by atoms with van der Waals surface area (Å²) in [6.07, 6.45) is 1.54. The molecule has 3 radical (unpaired) electrons. The van der Waals surface area contributed by atoms with E-state index in [4.69, 9.17) is 0 Å². The van der Waals surface area contributed by atoms with Gasteiger partial charge in [0.2, 0.25) is 0 Å². The van der Waals surface area contributed by atoms with Crippen LogP contribution in [0.25, 0.3) is 0 Å². The molecule has 69 valence electrons. The molecule has 0 saturated heterocycles. The van der Waals surface area contributed by atoms with Gasteiger partial charge in [-0.15, -0.1) is 0 Å². The van der Waals surface area contributed by atoms with Crippen LogP contribution in [0.5, 0.6) is 0 Å². The van der Waals surface area contributed by atoms with Crippen molar-refractivity contribution in [1.82, 2.24) is 9.22 Å².